The summed E-state index contributed by atoms with van der Waals surface area (Å²) in [6.45, 7) is 6.18. The molecular weight excluding hydrogens is 230 g/mol. The number of ether oxygens (including phenoxy) is 1. The quantitative estimate of drug-likeness (QED) is 0.265. The van der Waals surface area contributed by atoms with Crippen molar-refractivity contribution in [3.63, 3.8) is 0 Å². The zero-order valence-corrected chi connectivity index (χ0v) is 11.2. The second-order valence-corrected chi connectivity index (χ2v) is 4.10. The van der Waals surface area contributed by atoms with Gasteiger partial charge in [-0.15, -0.1) is 0 Å². The molecule has 100 valence electrons. The molecule has 3 N–H and O–H groups in total. The van der Waals surface area contributed by atoms with Crippen molar-refractivity contribution in [2.24, 2.45) is 10.9 Å². The molecule has 0 saturated carbocycles. The van der Waals surface area contributed by atoms with Crippen molar-refractivity contribution in [3.8, 4) is 0 Å². The largest absolute Gasteiger partial charge is 0.409 e. The van der Waals surface area contributed by atoms with Crippen molar-refractivity contribution in [2.75, 3.05) is 31.7 Å². The fourth-order valence-electron chi connectivity index (χ4n) is 1.70. The normalized spacial score (nSPS) is 11.6. The van der Waals surface area contributed by atoms with Gasteiger partial charge in [0.15, 0.2) is 5.84 Å². The lowest BCUT2D eigenvalue weighted by Crippen LogP contribution is -2.23. The summed E-state index contributed by atoms with van der Waals surface area (Å²) in [5.41, 5.74) is 8.40. The van der Waals surface area contributed by atoms with Crippen LogP contribution in [0.2, 0.25) is 0 Å². The fourth-order valence-corrected chi connectivity index (χ4v) is 1.70. The molecule has 0 aliphatic carbocycles. The van der Waals surface area contributed by atoms with Gasteiger partial charge in [-0.05, 0) is 37.6 Å². The number of nitrogens with two attached hydrogens (primary N) is 1. The first-order valence-electron chi connectivity index (χ1n) is 5.97. The third-order valence-corrected chi connectivity index (χ3v) is 2.81. The fraction of sp³-hybridized carbons (Fsp3) is 0.462. The van der Waals surface area contributed by atoms with E-state index in [-0.39, 0.29) is 5.84 Å². The lowest BCUT2D eigenvalue weighted by Gasteiger charge is -2.20. The van der Waals surface area contributed by atoms with Gasteiger partial charge in [-0.1, -0.05) is 5.16 Å². The maximum Gasteiger partial charge on any atom is 0.170 e. The van der Waals surface area contributed by atoms with Gasteiger partial charge in [0.25, 0.3) is 0 Å². The van der Waals surface area contributed by atoms with Gasteiger partial charge in [0.1, 0.15) is 0 Å². The van der Waals surface area contributed by atoms with Crippen LogP contribution >= 0.6 is 0 Å². The highest BCUT2D eigenvalue weighted by Crippen LogP contribution is 2.18. The lowest BCUT2D eigenvalue weighted by atomic mass is 10.1. The minimum atomic E-state index is 0.135. The SMILES string of the molecule is CCOCCN(C)c1ccc(/C(N)=N/O)c(C)c1. The summed E-state index contributed by atoms with van der Waals surface area (Å²) in [5, 5.41) is 11.7. The maximum absolute atomic E-state index is 8.67. The van der Waals surface area contributed by atoms with E-state index in [1.54, 1.807) is 0 Å². The molecule has 0 spiro atoms. The van der Waals surface area contributed by atoms with Crippen LogP contribution in [0.25, 0.3) is 0 Å². The predicted molar refractivity (Wildman–Crippen MR) is 73.5 cm³/mol. The Hall–Kier alpha value is -1.75. The van der Waals surface area contributed by atoms with E-state index >= 15 is 0 Å². The molecule has 1 aromatic carbocycles. The Morgan fingerprint density at radius 3 is 2.78 bits per heavy atom. The molecule has 0 aromatic heterocycles. The van der Waals surface area contributed by atoms with E-state index in [2.05, 4.69) is 10.1 Å². The van der Waals surface area contributed by atoms with E-state index in [1.165, 1.54) is 0 Å². The second kappa shape index (κ2) is 6.86. The van der Waals surface area contributed by atoms with Crippen molar-refractivity contribution in [3.05, 3.63) is 29.3 Å². The number of nitrogens with zero attached hydrogens (tertiary/aromatic N) is 2. The second-order valence-electron chi connectivity index (χ2n) is 4.10. The molecule has 1 rings (SSSR count). The molecule has 0 saturated heterocycles. The Morgan fingerprint density at radius 2 is 2.22 bits per heavy atom. The highest BCUT2D eigenvalue weighted by molar-refractivity contribution is 5.98. The predicted octanol–water partition coefficient (Wildman–Crippen LogP) is 1.56. The Morgan fingerprint density at radius 1 is 1.50 bits per heavy atom. The molecule has 0 bridgehead atoms. The summed E-state index contributed by atoms with van der Waals surface area (Å²) in [4.78, 5) is 2.11. The molecular formula is C13H21N3O2. The van der Waals surface area contributed by atoms with Gasteiger partial charge in [-0.3, -0.25) is 0 Å². The molecule has 0 radical (unpaired) electrons. The maximum atomic E-state index is 8.67. The first-order valence-corrected chi connectivity index (χ1v) is 5.97. The van der Waals surface area contributed by atoms with Crippen LogP contribution in [0, 0.1) is 6.92 Å². The number of benzene rings is 1. The molecule has 0 atom stereocenters. The molecule has 0 unspecified atom stereocenters. The van der Waals surface area contributed by atoms with E-state index in [9.17, 15) is 0 Å². The number of rotatable bonds is 6. The van der Waals surface area contributed by atoms with E-state index < -0.39 is 0 Å². The van der Waals surface area contributed by atoms with Gasteiger partial charge in [0.05, 0.1) is 6.61 Å². The highest BCUT2D eigenvalue weighted by atomic mass is 16.5. The molecule has 5 heteroatoms. The number of oxime groups is 1. The molecule has 5 nitrogen and oxygen atoms in total. The third-order valence-electron chi connectivity index (χ3n) is 2.81. The summed E-state index contributed by atoms with van der Waals surface area (Å²) in [7, 11) is 2.01. The molecule has 0 amide bonds. The highest BCUT2D eigenvalue weighted by Gasteiger charge is 2.07. The number of aryl methyl sites for hydroxylation is 1. The number of anilines is 1. The van der Waals surface area contributed by atoms with E-state index in [0.29, 0.717) is 6.61 Å². The van der Waals surface area contributed by atoms with E-state index in [1.807, 2.05) is 39.1 Å². The van der Waals surface area contributed by atoms with Gasteiger partial charge in [0.2, 0.25) is 0 Å². The van der Waals surface area contributed by atoms with Crippen molar-refractivity contribution in [2.45, 2.75) is 13.8 Å². The molecule has 0 aliphatic rings. The van der Waals surface area contributed by atoms with Crippen molar-refractivity contribution < 1.29 is 9.94 Å². The molecule has 0 fully saturated rings. The number of amidine groups is 1. The number of hydrogen-bond donors (Lipinski definition) is 2. The Balaban J connectivity index is 2.77. The van der Waals surface area contributed by atoms with Gasteiger partial charge < -0.3 is 20.6 Å². The van der Waals surface area contributed by atoms with Crippen molar-refractivity contribution >= 4 is 11.5 Å². The first kappa shape index (κ1) is 14.3. The summed E-state index contributed by atoms with van der Waals surface area (Å²) < 4.78 is 5.32. The molecule has 0 aliphatic heterocycles. The van der Waals surface area contributed by atoms with Gasteiger partial charge >= 0.3 is 0 Å². The number of likely N-dealkylation sites (N-methyl/N-ethyl adjacent to an activating group) is 1. The topological polar surface area (TPSA) is 71.1 Å². The smallest absolute Gasteiger partial charge is 0.170 e. The summed E-state index contributed by atoms with van der Waals surface area (Å²) in [6, 6.07) is 5.82. The van der Waals surface area contributed by atoms with Gasteiger partial charge in [-0.2, -0.15) is 0 Å². The summed E-state index contributed by atoms with van der Waals surface area (Å²) in [5.74, 6) is 0.135. The van der Waals surface area contributed by atoms with Crippen LogP contribution in [0.15, 0.2) is 23.4 Å². The standard InChI is InChI=1S/C13H21N3O2/c1-4-18-8-7-16(3)11-5-6-12(10(2)9-11)13(14)15-17/h5-6,9,17H,4,7-8H2,1-3H3,(H2,14,15). The minimum absolute atomic E-state index is 0.135. The zero-order chi connectivity index (χ0) is 13.5. The molecule has 18 heavy (non-hydrogen) atoms. The minimum Gasteiger partial charge on any atom is -0.409 e. The van der Waals surface area contributed by atoms with Crippen LogP contribution in [0.5, 0.6) is 0 Å². The number of hydrogen-bond acceptors (Lipinski definition) is 4. The van der Waals surface area contributed by atoms with Crippen LogP contribution in [-0.4, -0.2) is 37.8 Å². The van der Waals surface area contributed by atoms with Crippen LogP contribution < -0.4 is 10.6 Å². The van der Waals surface area contributed by atoms with Crippen molar-refractivity contribution in [1.29, 1.82) is 0 Å². The van der Waals surface area contributed by atoms with E-state index in [4.69, 9.17) is 15.7 Å². The summed E-state index contributed by atoms with van der Waals surface area (Å²) >= 11 is 0. The first-order chi connectivity index (χ1) is 8.60. The lowest BCUT2D eigenvalue weighted by molar-refractivity contribution is 0.154. The monoisotopic (exact) mass is 251 g/mol. The van der Waals surface area contributed by atoms with Crippen LogP contribution in [-0.2, 0) is 4.74 Å². The van der Waals surface area contributed by atoms with Crippen LogP contribution in [0.1, 0.15) is 18.1 Å². The zero-order valence-electron chi connectivity index (χ0n) is 11.2. The Kier molecular flexibility index (Phi) is 5.45. The average Bonchev–Trinajstić information content (AvgIpc) is 2.38. The van der Waals surface area contributed by atoms with Gasteiger partial charge in [-0.25, -0.2) is 0 Å². The average molecular weight is 251 g/mol. The van der Waals surface area contributed by atoms with Crippen LogP contribution in [0.4, 0.5) is 5.69 Å². The Labute approximate surface area is 108 Å². The third kappa shape index (κ3) is 3.63. The van der Waals surface area contributed by atoms with Crippen LogP contribution in [0.3, 0.4) is 0 Å². The molecule has 0 heterocycles. The summed E-state index contributed by atoms with van der Waals surface area (Å²) in [6.07, 6.45) is 0. The Bertz CT molecular complexity index is 419. The van der Waals surface area contributed by atoms with Gasteiger partial charge in [0, 0.05) is 31.5 Å². The van der Waals surface area contributed by atoms with E-state index in [0.717, 1.165) is 30.0 Å². The molecule has 1 aromatic rings. The van der Waals surface area contributed by atoms with Crippen molar-refractivity contribution in [1.82, 2.24) is 0 Å².